The molecule has 2 heterocycles. The summed E-state index contributed by atoms with van der Waals surface area (Å²) in [4.78, 5) is 18.3. The average Bonchev–Trinajstić information content (AvgIpc) is 3.07. The fraction of sp³-hybridized carbons (Fsp3) is 0.333. The van der Waals surface area contributed by atoms with Gasteiger partial charge in [0.15, 0.2) is 11.5 Å². The summed E-state index contributed by atoms with van der Waals surface area (Å²) in [6.07, 6.45) is 1.74. The van der Waals surface area contributed by atoms with E-state index in [2.05, 4.69) is 15.6 Å². The fourth-order valence-electron chi connectivity index (χ4n) is 2.51. The summed E-state index contributed by atoms with van der Waals surface area (Å²) in [7, 11) is 3.86. The Labute approximate surface area is 147 Å². The maximum absolute atomic E-state index is 12.1. The first-order valence-electron chi connectivity index (χ1n) is 8.09. The number of ether oxygens (including phenoxy) is 2. The molecule has 2 N–H and O–H groups in total. The smallest absolute Gasteiger partial charge is 0.315 e. The molecule has 1 aromatic carbocycles. The number of carbonyl (C=O) groups is 1. The van der Waals surface area contributed by atoms with Gasteiger partial charge in [-0.05, 0) is 42.3 Å². The maximum atomic E-state index is 12.1. The van der Waals surface area contributed by atoms with E-state index in [0.29, 0.717) is 12.3 Å². The Hall–Kier alpha value is -2.96. The van der Waals surface area contributed by atoms with E-state index in [1.807, 2.05) is 56.3 Å². The van der Waals surface area contributed by atoms with Crippen LogP contribution in [0.15, 0.2) is 36.5 Å². The number of pyridine rings is 1. The first-order valence-corrected chi connectivity index (χ1v) is 8.09. The van der Waals surface area contributed by atoms with Crippen LogP contribution in [0.5, 0.6) is 11.5 Å². The number of benzene rings is 1. The van der Waals surface area contributed by atoms with Crippen LogP contribution >= 0.6 is 0 Å². The zero-order valence-corrected chi connectivity index (χ0v) is 14.6. The second kappa shape index (κ2) is 7.29. The zero-order valence-electron chi connectivity index (χ0n) is 14.6. The predicted octanol–water partition coefficient (Wildman–Crippen LogP) is 2.44. The van der Waals surface area contributed by atoms with Gasteiger partial charge in [0.05, 0.1) is 6.04 Å². The van der Waals surface area contributed by atoms with Crippen LogP contribution in [0.25, 0.3) is 0 Å². The molecule has 7 heteroatoms. The van der Waals surface area contributed by atoms with E-state index in [-0.39, 0.29) is 18.9 Å². The van der Waals surface area contributed by atoms with Crippen molar-refractivity contribution in [3.05, 3.63) is 47.7 Å². The molecule has 0 bridgehead atoms. The Kier molecular flexibility index (Phi) is 4.92. The topological polar surface area (TPSA) is 75.7 Å². The zero-order chi connectivity index (χ0) is 17.8. The number of carbonyl (C=O) groups excluding carboxylic acids is 1. The van der Waals surface area contributed by atoms with Crippen LogP contribution in [0.4, 0.5) is 10.6 Å². The number of urea groups is 1. The summed E-state index contributed by atoms with van der Waals surface area (Å²) in [5.74, 6) is 2.29. The van der Waals surface area contributed by atoms with Crippen molar-refractivity contribution in [2.45, 2.75) is 19.5 Å². The highest BCUT2D eigenvalue weighted by atomic mass is 16.7. The molecule has 132 valence electrons. The minimum Gasteiger partial charge on any atom is -0.454 e. The van der Waals surface area contributed by atoms with Crippen molar-refractivity contribution < 1.29 is 14.3 Å². The minimum absolute atomic E-state index is 0.149. The molecule has 0 saturated carbocycles. The Morgan fingerprint density at radius 2 is 2.04 bits per heavy atom. The number of fused-ring (bicyclic) bond motifs is 1. The van der Waals surface area contributed by atoms with E-state index >= 15 is 0 Å². The highest BCUT2D eigenvalue weighted by Crippen LogP contribution is 2.34. The number of nitrogens with zero attached hydrogens (tertiary/aromatic N) is 2. The number of aromatic nitrogens is 1. The monoisotopic (exact) mass is 342 g/mol. The third-order valence-electron chi connectivity index (χ3n) is 3.97. The van der Waals surface area contributed by atoms with Gasteiger partial charge in [-0.3, -0.25) is 0 Å². The Morgan fingerprint density at radius 1 is 1.24 bits per heavy atom. The van der Waals surface area contributed by atoms with Crippen LogP contribution < -0.4 is 25.0 Å². The van der Waals surface area contributed by atoms with E-state index in [4.69, 9.17) is 9.47 Å². The predicted molar refractivity (Wildman–Crippen MR) is 94.9 cm³/mol. The first-order chi connectivity index (χ1) is 12.0. The molecule has 1 aliphatic rings. The number of nitrogens with one attached hydrogen (secondary N) is 2. The lowest BCUT2D eigenvalue weighted by atomic mass is 10.1. The van der Waals surface area contributed by atoms with E-state index in [0.717, 1.165) is 22.7 Å². The highest BCUT2D eigenvalue weighted by Gasteiger charge is 2.16. The summed E-state index contributed by atoms with van der Waals surface area (Å²) in [6.45, 7) is 2.60. The Balaban J connectivity index is 1.54. The van der Waals surface area contributed by atoms with Crippen LogP contribution in [0.1, 0.15) is 24.1 Å². The van der Waals surface area contributed by atoms with Gasteiger partial charge in [0.1, 0.15) is 5.82 Å². The van der Waals surface area contributed by atoms with Gasteiger partial charge in [-0.25, -0.2) is 9.78 Å². The number of hydrogen-bond acceptors (Lipinski definition) is 5. The van der Waals surface area contributed by atoms with Crippen molar-refractivity contribution in [2.75, 3.05) is 25.8 Å². The molecule has 3 rings (SSSR count). The van der Waals surface area contributed by atoms with E-state index in [1.165, 1.54) is 0 Å². The van der Waals surface area contributed by atoms with E-state index in [9.17, 15) is 4.79 Å². The maximum Gasteiger partial charge on any atom is 0.315 e. The third-order valence-corrected chi connectivity index (χ3v) is 3.97. The molecule has 0 radical (unpaired) electrons. The van der Waals surface area contributed by atoms with Crippen LogP contribution in [0.3, 0.4) is 0 Å². The van der Waals surface area contributed by atoms with Crippen molar-refractivity contribution in [1.29, 1.82) is 0 Å². The van der Waals surface area contributed by atoms with Gasteiger partial charge in [0, 0.05) is 26.8 Å². The van der Waals surface area contributed by atoms with Gasteiger partial charge in [-0.15, -0.1) is 0 Å². The molecule has 1 aliphatic heterocycles. The first kappa shape index (κ1) is 16.9. The Bertz CT molecular complexity index is 764. The molecule has 25 heavy (non-hydrogen) atoms. The van der Waals surface area contributed by atoms with Gasteiger partial charge in [0.2, 0.25) is 6.79 Å². The second-order valence-electron chi connectivity index (χ2n) is 6.08. The lowest BCUT2D eigenvalue weighted by Gasteiger charge is -2.16. The highest BCUT2D eigenvalue weighted by molar-refractivity contribution is 5.74. The lowest BCUT2D eigenvalue weighted by molar-refractivity contribution is 0.174. The molecular weight excluding hydrogens is 320 g/mol. The van der Waals surface area contributed by atoms with E-state index in [1.54, 1.807) is 6.20 Å². The van der Waals surface area contributed by atoms with Gasteiger partial charge in [-0.1, -0.05) is 6.07 Å². The molecule has 1 atom stereocenters. The minimum atomic E-state index is -0.228. The van der Waals surface area contributed by atoms with Crippen LogP contribution in [-0.4, -0.2) is 31.9 Å². The largest absolute Gasteiger partial charge is 0.454 e. The van der Waals surface area contributed by atoms with Gasteiger partial charge >= 0.3 is 6.03 Å². The summed E-state index contributed by atoms with van der Waals surface area (Å²) >= 11 is 0. The van der Waals surface area contributed by atoms with Crippen molar-refractivity contribution in [2.24, 2.45) is 0 Å². The fourth-order valence-corrected chi connectivity index (χ4v) is 2.51. The number of rotatable bonds is 5. The standard InChI is InChI=1S/C18H22N4O3/c1-12(14-4-5-15-16(9-14)25-11-24-15)21-18(23)20-10-13-6-7-19-17(8-13)22(2)3/h4-9,12H,10-11H2,1-3H3,(H2,20,21,23)/t12-/m1/s1. The summed E-state index contributed by atoms with van der Waals surface area (Å²) in [5.41, 5.74) is 1.95. The summed E-state index contributed by atoms with van der Waals surface area (Å²) in [5, 5.41) is 5.79. The van der Waals surface area contributed by atoms with Crippen molar-refractivity contribution in [1.82, 2.24) is 15.6 Å². The summed E-state index contributed by atoms with van der Waals surface area (Å²) < 4.78 is 10.7. The number of hydrogen-bond donors (Lipinski definition) is 2. The molecule has 0 fully saturated rings. The van der Waals surface area contributed by atoms with Crippen molar-refractivity contribution >= 4 is 11.8 Å². The quantitative estimate of drug-likeness (QED) is 0.873. The van der Waals surface area contributed by atoms with E-state index < -0.39 is 0 Å². The van der Waals surface area contributed by atoms with Gasteiger partial charge < -0.3 is 25.0 Å². The normalized spacial score (nSPS) is 13.2. The molecule has 2 aromatic rings. The van der Waals surface area contributed by atoms with Crippen molar-refractivity contribution in [3.63, 3.8) is 0 Å². The molecule has 0 unspecified atom stereocenters. The molecule has 1 aromatic heterocycles. The van der Waals surface area contributed by atoms with Gasteiger partial charge in [0.25, 0.3) is 0 Å². The van der Waals surface area contributed by atoms with Crippen LogP contribution in [0.2, 0.25) is 0 Å². The molecule has 2 amide bonds. The Morgan fingerprint density at radius 3 is 2.84 bits per heavy atom. The summed E-state index contributed by atoms with van der Waals surface area (Å²) in [6, 6.07) is 9.12. The van der Waals surface area contributed by atoms with Crippen LogP contribution in [-0.2, 0) is 6.54 Å². The third kappa shape index (κ3) is 4.12. The molecule has 0 saturated heterocycles. The number of amides is 2. The average molecular weight is 342 g/mol. The lowest BCUT2D eigenvalue weighted by Crippen LogP contribution is -2.36. The number of anilines is 1. The molecule has 7 nitrogen and oxygen atoms in total. The molecule has 0 aliphatic carbocycles. The second-order valence-corrected chi connectivity index (χ2v) is 6.08. The van der Waals surface area contributed by atoms with Crippen molar-refractivity contribution in [3.8, 4) is 11.5 Å². The van der Waals surface area contributed by atoms with Crippen LogP contribution in [0, 0.1) is 0 Å². The van der Waals surface area contributed by atoms with Gasteiger partial charge in [-0.2, -0.15) is 0 Å². The molecule has 0 spiro atoms. The SMILES string of the molecule is C[C@@H](NC(=O)NCc1ccnc(N(C)C)c1)c1ccc2c(c1)OCO2. The molecular formula is C18H22N4O3.